The van der Waals surface area contributed by atoms with Crippen LogP contribution in [0.15, 0.2) is 36.0 Å². The fourth-order valence-corrected chi connectivity index (χ4v) is 2.11. The Morgan fingerprint density at radius 1 is 1.22 bits per heavy atom. The minimum atomic E-state index is 0.280. The lowest BCUT2D eigenvalue weighted by Gasteiger charge is -2.06. The Morgan fingerprint density at radius 3 is 2.89 bits per heavy atom. The lowest BCUT2D eigenvalue weighted by atomic mass is 10.1. The molecule has 3 heteroatoms. The lowest BCUT2D eigenvalue weighted by Crippen LogP contribution is -2.02. The molecule has 0 aliphatic heterocycles. The van der Waals surface area contributed by atoms with Gasteiger partial charge in [0.25, 0.3) is 0 Å². The van der Waals surface area contributed by atoms with Crippen LogP contribution in [0.4, 0.5) is 5.69 Å². The average Bonchev–Trinajstić information content (AvgIpc) is 2.61. The van der Waals surface area contributed by atoms with Crippen LogP contribution in [0.1, 0.15) is 32.1 Å². The highest BCUT2D eigenvalue weighted by atomic mass is 16.5. The summed E-state index contributed by atoms with van der Waals surface area (Å²) < 4.78 is 5.16. The molecule has 1 fully saturated rings. The lowest BCUT2D eigenvalue weighted by molar-refractivity contribution is -0.115. The molecule has 0 unspecified atom stereocenters. The Hall–Kier alpha value is -1.77. The topological polar surface area (TPSA) is 38.3 Å². The Balaban J connectivity index is 2.06. The number of allylic oxidation sites excluding steroid dienone is 1. The van der Waals surface area contributed by atoms with Crippen LogP contribution in [0.2, 0.25) is 0 Å². The van der Waals surface area contributed by atoms with Crippen molar-refractivity contribution in [3.63, 3.8) is 0 Å². The summed E-state index contributed by atoms with van der Waals surface area (Å²) in [6.07, 6.45) is 6.71. The average molecular weight is 245 g/mol. The van der Waals surface area contributed by atoms with Crippen molar-refractivity contribution >= 4 is 11.5 Å². The number of nitrogens with one attached hydrogen (secondary N) is 1. The summed E-state index contributed by atoms with van der Waals surface area (Å²) in [7, 11) is 1.65. The predicted octanol–water partition coefficient (Wildman–Crippen LogP) is 3.52. The van der Waals surface area contributed by atoms with E-state index in [4.69, 9.17) is 4.74 Å². The fraction of sp³-hybridized carbons (Fsp3) is 0.400. The zero-order chi connectivity index (χ0) is 12.8. The van der Waals surface area contributed by atoms with Crippen LogP contribution >= 0.6 is 0 Å². The molecule has 1 aromatic carbocycles. The molecule has 0 amide bonds. The van der Waals surface area contributed by atoms with E-state index in [1.807, 2.05) is 30.5 Å². The number of Topliss-reactive ketones (excluding diaryl/α,β-unsaturated/α-hetero) is 1. The van der Waals surface area contributed by atoms with Gasteiger partial charge in [-0.2, -0.15) is 0 Å². The van der Waals surface area contributed by atoms with Crippen molar-refractivity contribution in [1.82, 2.24) is 0 Å². The van der Waals surface area contributed by atoms with Gasteiger partial charge < -0.3 is 10.1 Å². The van der Waals surface area contributed by atoms with Crippen LogP contribution in [0.3, 0.4) is 0 Å². The van der Waals surface area contributed by atoms with E-state index in [9.17, 15) is 4.79 Å². The normalized spacial score (nSPS) is 18.5. The number of rotatable bonds is 3. The Labute approximate surface area is 108 Å². The molecule has 3 nitrogen and oxygen atoms in total. The van der Waals surface area contributed by atoms with Gasteiger partial charge in [-0.1, -0.05) is 12.5 Å². The van der Waals surface area contributed by atoms with Crippen molar-refractivity contribution < 1.29 is 9.53 Å². The fourth-order valence-electron chi connectivity index (χ4n) is 2.11. The number of ether oxygens (including phenoxy) is 1. The largest absolute Gasteiger partial charge is 0.497 e. The first-order chi connectivity index (χ1) is 8.79. The molecule has 96 valence electrons. The van der Waals surface area contributed by atoms with E-state index >= 15 is 0 Å². The summed E-state index contributed by atoms with van der Waals surface area (Å²) in [5.74, 6) is 1.09. The summed E-state index contributed by atoms with van der Waals surface area (Å²) in [6.45, 7) is 0. The van der Waals surface area contributed by atoms with E-state index in [-0.39, 0.29) is 5.78 Å². The molecule has 1 N–H and O–H groups in total. The maximum atomic E-state index is 11.8. The van der Waals surface area contributed by atoms with Crippen molar-refractivity contribution in [3.8, 4) is 5.75 Å². The number of ketones is 1. The van der Waals surface area contributed by atoms with Crippen molar-refractivity contribution in [1.29, 1.82) is 0 Å². The van der Waals surface area contributed by atoms with Gasteiger partial charge in [-0.3, -0.25) is 4.79 Å². The quantitative estimate of drug-likeness (QED) is 0.654. The van der Waals surface area contributed by atoms with Crippen molar-refractivity contribution in [2.75, 3.05) is 12.4 Å². The Bertz CT molecular complexity index is 452. The van der Waals surface area contributed by atoms with Gasteiger partial charge in [0.2, 0.25) is 0 Å². The minimum absolute atomic E-state index is 0.280. The van der Waals surface area contributed by atoms with Crippen LogP contribution in [0.5, 0.6) is 5.75 Å². The number of carbonyl (C=O) groups is 1. The molecule has 1 aliphatic carbocycles. The third-order valence-corrected chi connectivity index (χ3v) is 3.19. The number of anilines is 1. The maximum absolute atomic E-state index is 11.8. The maximum Gasteiger partial charge on any atom is 0.160 e. The van der Waals surface area contributed by atoms with Crippen molar-refractivity contribution in [3.05, 3.63) is 36.0 Å². The van der Waals surface area contributed by atoms with Crippen LogP contribution < -0.4 is 10.1 Å². The van der Waals surface area contributed by atoms with E-state index in [0.717, 1.165) is 42.7 Å². The second-order valence-corrected chi connectivity index (χ2v) is 4.53. The minimum Gasteiger partial charge on any atom is -0.497 e. The van der Waals surface area contributed by atoms with Gasteiger partial charge in [-0.15, -0.1) is 0 Å². The molecule has 0 bridgehead atoms. The molecule has 18 heavy (non-hydrogen) atoms. The molecular weight excluding hydrogens is 226 g/mol. The molecule has 0 saturated heterocycles. The Morgan fingerprint density at radius 2 is 2.06 bits per heavy atom. The first-order valence-corrected chi connectivity index (χ1v) is 6.42. The third kappa shape index (κ3) is 3.36. The SMILES string of the molecule is COc1cccc(NC=C2CCCCCC2=O)c1. The summed E-state index contributed by atoms with van der Waals surface area (Å²) in [6, 6.07) is 7.70. The number of hydrogen-bond donors (Lipinski definition) is 1. The molecule has 0 heterocycles. The number of methoxy groups -OCH3 is 1. The number of benzene rings is 1. The second kappa shape index (κ2) is 6.24. The van der Waals surface area contributed by atoms with E-state index in [0.29, 0.717) is 6.42 Å². The third-order valence-electron chi connectivity index (χ3n) is 3.19. The Kier molecular flexibility index (Phi) is 4.40. The molecule has 0 aromatic heterocycles. The van der Waals surface area contributed by atoms with Crippen LogP contribution in [0.25, 0.3) is 0 Å². The first-order valence-electron chi connectivity index (χ1n) is 6.42. The highest BCUT2D eigenvalue weighted by Crippen LogP contribution is 2.21. The van der Waals surface area contributed by atoms with Crippen molar-refractivity contribution in [2.24, 2.45) is 0 Å². The number of carbonyl (C=O) groups excluding carboxylic acids is 1. The molecule has 0 atom stereocenters. The van der Waals surface area contributed by atoms with Gasteiger partial charge in [0.1, 0.15) is 5.75 Å². The van der Waals surface area contributed by atoms with Crippen LogP contribution in [-0.4, -0.2) is 12.9 Å². The molecule has 2 rings (SSSR count). The molecule has 1 saturated carbocycles. The van der Waals surface area contributed by atoms with Gasteiger partial charge in [-0.05, 0) is 31.4 Å². The summed E-state index contributed by atoms with van der Waals surface area (Å²) in [4.78, 5) is 11.8. The number of hydrogen-bond acceptors (Lipinski definition) is 3. The highest BCUT2D eigenvalue weighted by molar-refractivity contribution is 5.95. The van der Waals surface area contributed by atoms with Crippen molar-refractivity contribution in [2.45, 2.75) is 32.1 Å². The summed E-state index contributed by atoms with van der Waals surface area (Å²) in [5.41, 5.74) is 1.86. The molecule has 0 radical (unpaired) electrons. The predicted molar refractivity (Wildman–Crippen MR) is 72.8 cm³/mol. The van der Waals surface area contributed by atoms with E-state index in [1.165, 1.54) is 0 Å². The second-order valence-electron chi connectivity index (χ2n) is 4.53. The molecular formula is C15H19NO2. The first kappa shape index (κ1) is 12.7. The van der Waals surface area contributed by atoms with Gasteiger partial charge in [0.15, 0.2) is 5.78 Å². The van der Waals surface area contributed by atoms with Crippen LogP contribution in [0, 0.1) is 0 Å². The van der Waals surface area contributed by atoms with E-state index in [1.54, 1.807) is 7.11 Å². The van der Waals surface area contributed by atoms with E-state index < -0.39 is 0 Å². The smallest absolute Gasteiger partial charge is 0.160 e. The molecule has 1 aliphatic rings. The molecule has 0 spiro atoms. The zero-order valence-electron chi connectivity index (χ0n) is 10.7. The van der Waals surface area contributed by atoms with Gasteiger partial charge in [0.05, 0.1) is 7.11 Å². The van der Waals surface area contributed by atoms with Gasteiger partial charge in [0, 0.05) is 29.9 Å². The van der Waals surface area contributed by atoms with Gasteiger partial charge in [-0.25, -0.2) is 0 Å². The highest BCUT2D eigenvalue weighted by Gasteiger charge is 2.12. The summed E-state index contributed by atoms with van der Waals surface area (Å²) in [5, 5.41) is 3.18. The van der Waals surface area contributed by atoms with Crippen LogP contribution in [-0.2, 0) is 4.79 Å². The standard InChI is InChI=1S/C15H19NO2/c1-18-14-8-5-7-13(10-14)16-11-12-6-3-2-4-9-15(12)17/h5,7-8,10-11,16H,2-4,6,9H2,1H3. The summed E-state index contributed by atoms with van der Waals surface area (Å²) >= 11 is 0. The van der Waals surface area contributed by atoms with Gasteiger partial charge >= 0.3 is 0 Å². The molecule has 1 aromatic rings. The van der Waals surface area contributed by atoms with E-state index in [2.05, 4.69) is 5.32 Å². The zero-order valence-corrected chi connectivity index (χ0v) is 10.7. The monoisotopic (exact) mass is 245 g/mol.